The fraction of sp³-hybridized carbons (Fsp3) is 0.444. The van der Waals surface area contributed by atoms with E-state index in [0.717, 1.165) is 26.3 Å². The molecule has 0 N–H and O–H groups in total. The Kier molecular flexibility index (Phi) is 5.81. The van der Waals surface area contributed by atoms with Gasteiger partial charge in [-0.15, -0.1) is 5.54 Å². The molecule has 21 heavy (non-hydrogen) atoms. The zero-order chi connectivity index (χ0) is 15.1. The maximum atomic E-state index is 5.45. The molecule has 1 atom stereocenters. The highest BCUT2D eigenvalue weighted by molar-refractivity contribution is 6.83. The molecular formula is C18H25NOSi. The van der Waals surface area contributed by atoms with Gasteiger partial charge in [0.25, 0.3) is 0 Å². The zero-order valence-corrected chi connectivity index (χ0v) is 14.3. The van der Waals surface area contributed by atoms with E-state index in [4.69, 9.17) is 4.74 Å². The van der Waals surface area contributed by atoms with Crippen molar-refractivity contribution in [2.24, 2.45) is 0 Å². The maximum absolute atomic E-state index is 5.45. The molecule has 2 rings (SSSR count). The van der Waals surface area contributed by atoms with Crippen LogP contribution in [0.25, 0.3) is 6.08 Å². The van der Waals surface area contributed by atoms with E-state index in [-0.39, 0.29) is 6.04 Å². The lowest BCUT2D eigenvalue weighted by Crippen LogP contribution is -2.42. The lowest BCUT2D eigenvalue weighted by Gasteiger charge is -2.30. The van der Waals surface area contributed by atoms with Crippen molar-refractivity contribution in [1.82, 2.24) is 4.90 Å². The van der Waals surface area contributed by atoms with Gasteiger partial charge in [-0.05, 0) is 5.56 Å². The third-order valence-electron chi connectivity index (χ3n) is 3.30. The summed E-state index contributed by atoms with van der Waals surface area (Å²) in [7, 11) is -1.34. The number of rotatable bonds is 3. The molecule has 1 aliphatic heterocycles. The summed E-state index contributed by atoms with van der Waals surface area (Å²) in [6, 6.07) is 10.6. The summed E-state index contributed by atoms with van der Waals surface area (Å²) < 4.78 is 5.45. The predicted octanol–water partition coefficient (Wildman–Crippen LogP) is 3.28. The Labute approximate surface area is 129 Å². The normalized spacial score (nSPS) is 18.2. The first kappa shape index (κ1) is 16.0. The first-order valence-corrected chi connectivity index (χ1v) is 11.1. The van der Waals surface area contributed by atoms with Gasteiger partial charge in [-0.3, -0.25) is 4.90 Å². The Hall–Kier alpha value is -1.34. The van der Waals surface area contributed by atoms with E-state index in [1.165, 1.54) is 5.56 Å². The van der Waals surface area contributed by atoms with Crippen molar-refractivity contribution in [2.45, 2.75) is 25.7 Å². The summed E-state index contributed by atoms with van der Waals surface area (Å²) in [6.45, 7) is 10.4. The van der Waals surface area contributed by atoms with Crippen LogP contribution in [0.4, 0.5) is 0 Å². The van der Waals surface area contributed by atoms with Crippen LogP contribution in [0.5, 0.6) is 0 Å². The smallest absolute Gasteiger partial charge is 0.129 e. The van der Waals surface area contributed by atoms with Crippen molar-refractivity contribution < 1.29 is 4.74 Å². The molecular weight excluding hydrogens is 274 g/mol. The molecule has 0 aliphatic carbocycles. The number of morpholine rings is 1. The topological polar surface area (TPSA) is 12.5 Å². The molecule has 0 bridgehead atoms. The summed E-state index contributed by atoms with van der Waals surface area (Å²) in [5.41, 5.74) is 4.74. The van der Waals surface area contributed by atoms with E-state index < -0.39 is 8.07 Å². The molecule has 1 aromatic carbocycles. The second-order valence-electron chi connectivity index (χ2n) is 6.38. The van der Waals surface area contributed by atoms with Crippen molar-refractivity contribution in [3.63, 3.8) is 0 Å². The highest BCUT2D eigenvalue weighted by atomic mass is 28.3. The van der Waals surface area contributed by atoms with E-state index in [9.17, 15) is 0 Å². The summed E-state index contributed by atoms with van der Waals surface area (Å²) in [4.78, 5) is 2.41. The highest BCUT2D eigenvalue weighted by Crippen LogP contribution is 2.09. The Bertz CT molecular complexity index is 516. The Morgan fingerprint density at radius 1 is 1.14 bits per heavy atom. The van der Waals surface area contributed by atoms with Crippen LogP contribution >= 0.6 is 0 Å². The van der Waals surface area contributed by atoms with Gasteiger partial charge in [0.15, 0.2) is 0 Å². The third kappa shape index (κ3) is 5.89. The Morgan fingerprint density at radius 3 is 2.43 bits per heavy atom. The van der Waals surface area contributed by atoms with Crippen LogP contribution in [0.1, 0.15) is 5.56 Å². The van der Waals surface area contributed by atoms with Crippen LogP contribution in [0.15, 0.2) is 36.4 Å². The van der Waals surface area contributed by atoms with Gasteiger partial charge in [0.2, 0.25) is 0 Å². The van der Waals surface area contributed by atoms with Crippen molar-refractivity contribution >= 4 is 14.1 Å². The number of ether oxygens (including phenoxy) is 1. The molecule has 3 heteroatoms. The lowest BCUT2D eigenvalue weighted by atomic mass is 10.1. The fourth-order valence-corrected chi connectivity index (χ4v) is 2.75. The van der Waals surface area contributed by atoms with Crippen LogP contribution in [0, 0.1) is 11.5 Å². The summed E-state index contributed by atoms with van der Waals surface area (Å²) >= 11 is 0. The van der Waals surface area contributed by atoms with Crippen LogP contribution in [0.3, 0.4) is 0 Å². The molecule has 1 aromatic rings. The minimum atomic E-state index is -1.34. The third-order valence-corrected chi connectivity index (χ3v) is 4.20. The van der Waals surface area contributed by atoms with Crippen LogP contribution in [-0.4, -0.2) is 45.3 Å². The average molecular weight is 299 g/mol. The van der Waals surface area contributed by atoms with Gasteiger partial charge in [-0.25, -0.2) is 0 Å². The maximum Gasteiger partial charge on any atom is 0.129 e. The van der Waals surface area contributed by atoms with Crippen molar-refractivity contribution in [3.8, 4) is 11.5 Å². The molecule has 1 heterocycles. The van der Waals surface area contributed by atoms with Gasteiger partial charge in [-0.1, -0.05) is 68.0 Å². The number of hydrogen-bond donors (Lipinski definition) is 0. The summed E-state index contributed by atoms with van der Waals surface area (Å²) in [5.74, 6) is 3.49. The number of hydrogen-bond acceptors (Lipinski definition) is 2. The van der Waals surface area contributed by atoms with Gasteiger partial charge < -0.3 is 4.74 Å². The van der Waals surface area contributed by atoms with E-state index >= 15 is 0 Å². The van der Waals surface area contributed by atoms with Crippen LogP contribution < -0.4 is 0 Å². The number of benzene rings is 1. The van der Waals surface area contributed by atoms with E-state index in [1.807, 2.05) is 6.07 Å². The second-order valence-corrected chi connectivity index (χ2v) is 11.1. The van der Waals surface area contributed by atoms with Gasteiger partial charge in [-0.2, -0.15) is 0 Å². The van der Waals surface area contributed by atoms with Gasteiger partial charge >= 0.3 is 0 Å². The minimum absolute atomic E-state index is 0.195. The molecule has 0 amide bonds. The lowest BCUT2D eigenvalue weighted by molar-refractivity contribution is 0.0344. The van der Waals surface area contributed by atoms with Gasteiger partial charge in [0.1, 0.15) is 8.07 Å². The van der Waals surface area contributed by atoms with E-state index in [2.05, 4.69) is 72.4 Å². The zero-order valence-electron chi connectivity index (χ0n) is 13.3. The van der Waals surface area contributed by atoms with E-state index in [1.54, 1.807) is 0 Å². The molecule has 1 saturated heterocycles. The molecule has 1 aliphatic rings. The highest BCUT2D eigenvalue weighted by Gasteiger charge is 2.17. The van der Waals surface area contributed by atoms with Gasteiger partial charge in [0, 0.05) is 13.1 Å². The summed E-state index contributed by atoms with van der Waals surface area (Å²) in [5, 5.41) is 0. The summed E-state index contributed by atoms with van der Waals surface area (Å²) in [6.07, 6.45) is 4.41. The first-order valence-electron chi connectivity index (χ1n) is 7.62. The Balaban J connectivity index is 2.14. The minimum Gasteiger partial charge on any atom is -0.379 e. The van der Waals surface area contributed by atoms with E-state index in [0.29, 0.717) is 0 Å². The van der Waals surface area contributed by atoms with Crippen LogP contribution in [0.2, 0.25) is 19.6 Å². The molecule has 0 radical (unpaired) electrons. The number of nitrogens with zero attached hydrogens (tertiary/aromatic N) is 1. The molecule has 1 fully saturated rings. The molecule has 0 spiro atoms. The van der Waals surface area contributed by atoms with Crippen molar-refractivity contribution in [1.29, 1.82) is 0 Å². The quantitative estimate of drug-likeness (QED) is 0.627. The molecule has 2 nitrogen and oxygen atoms in total. The SMILES string of the molecule is C[Si](C)(C)C#CC(C=Cc1ccccc1)N1CCOCC1. The average Bonchev–Trinajstić information content (AvgIpc) is 2.48. The molecule has 112 valence electrons. The second kappa shape index (κ2) is 7.60. The van der Waals surface area contributed by atoms with Gasteiger partial charge in [0.05, 0.1) is 19.3 Å². The fourth-order valence-electron chi connectivity index (χ4n) is 2.17. The van der Waals surface area contributed by atoms with Crippen molar-refractivity contribution in [2.75, 3.05) is 26.3 Å². The monoisotopic (exact) mass is 299 g/mol. The largest absolute Gasteiger partial charge is 0.379 e. The molecule has 0 saturated carbocycles. The predicted molar refractivity (Wildman–Crippen MR) is 92.8 cm³/mol. The molecule has 1 unspecified atom stereocenters. The van der Waals surface area contributed by atoms with Crippen LogP contribution in [-0.2, 0) is 4.74 Å². The Morgan fingerprint density at radius 2 is 1.81 bits per heavy atom. The first-order chi connectivity index (χ1) is 10.0. The van der Waals surface area contributed by atoms with Crippen molar-refractivity contribution in [3.05, 3.63) is 42.0 Å². The molecule has 0 aromatic heterocycles. The standard InChI is InChI=1S/C18H25NOSi/c1-21(2,3)16-11-18(19-12-14-20-15-13-19)10-9-17-7-5-4-6-8-17/h4-10,18H,12-15H2,1-3H3.